The number of imide groups is 1. The lowest BCUT2D eigenvalue weighted by atomic mass is 10.0. The number of anilines is 1. The van der Waals surface area contributed by atoms with Gasteiger partial charge in [0.1, 0.15) is 6.04 Å². The Morgan fingerprint density at radius 2 is 1.70 bits per heavy atom. The van der Waals surface area contributed by atoms with Crippen LogP contribution in [0, 0.1) is 0 Å². The molecule has 0 saturated carbocycles. The molecule has 0 radical (unpaired) electrons. The molecule has 4 rings (SSSR count). The van der Waals surface area contributed by atoms with E-state index in [2.05, 4.69) is 18.8 Å². The maximum Gasteiger partial charge on any atom is 0.255 e. The summed E-state index contributed by atoms with van der Waals surface area (Å²) in [5, 5.41) is 2.31. The zero-order chi connectivity index (χ0) is 25.0. The van der Waals surface area contributed by atoms with Crippen molar-refractivity contribution in [2.75, 3.05) is 5.73 Å². The van der Waals surface area contributed by atoms with E-state index in [4.69, 9.17) is 11.5 Å². The first-order valence-electron chi connectivity index (χ1n) is 11.2. The van der Waals surface area contributed by atoms with Gasteiger partial charge in [-0.25, -0.2) is 0 Å². The van der Waals surface area contributed by atoms with Crippen molar-refractivity contribution in [2.45, 2.75) is 59.5 Å². The highest BCUT2D eigenvalue weighted by Gasteiger charge is 2.39. The van der Waals surface area contributed by atoms with Gasteiger partial charge in [-0.2, -0.15) is 0 Å². The van der Waals surface area contributed by atoms with Crippen molar-refractivity contribution in [3.8, 4) is 0 Å². The van der Waals surface area contributed by atoms with E-state index in [1.807, 2.05) is 62.4 Å². The van der Waals surface area contributed by atoms with Crippen molar-refractivity contribution in [2.24, 2.45) is 5.73 Å². The summed E-state index contributed by atoms with van der Waals surface area (Å²) < 4.78 is 0. The van der Waals surface area contributed by atoms with E-state index in [0.29, 0.717) is 24.2 Å². The van der Waals surface area contributed by atoms with Crippen LogP contribution in [0.4, 0.5) is 5.69 Å². The molecule has 7 nitrogen and oxygen atoms in total. The summed E-state index contributed by atoms with van der Waals surface area (Å²) in [6, 6.07) is 14.7. The van der Waals surface area contributed by atoms with E-state index in [1.165, 1.54) is 0 Å². The van der Waals surface area contributed by atoms with E-state index >= 15 is 0 Å². The lowest BCUT2D eigenvalue weighted by molar-refractivity contribution is -0.136. The molecule has 0 bridgehead atoms. The molecule has 1 fully saturated rings. The highest BCUT2D eigenvalue weighted by molar-refractivity contribution is 6.05. The number of hydrogen-bond donors (Lipinski definition) is 3. The Morgan fingerprint density at radius 1 is 1.09 bits per heavy atom. The maximum absolute atomic E-state index is 12.5. The van der Waals surface area contributed by atoms with Crippen LogP contribution in [-0.2, 0) is 22.6 Å². The number of carbonyl (C=O) groups excluding carboxylic acids is 3. The van der Waals surface area contributed by atoms with Crippen molar-refractivity contribution >= 4 is 23.4 Å². The standard InChI is InChI=1S/C15H16N2O3.C6H7N.C3H7N.C2H6/c1-2-9-4-3-5-10-11(9)8-17(15(10)20)12-6-7-13(18)16-14(12)19;7-6-4-2-1-3-5-6;1-3(2)4;1-2/h3-5,12H,2,6-8H2,1H3,(H,16,18,19);1-5H,7H2;1,4H2,2H3;1-2H3. The van der Waals surface area contributed by atoms with Gasteiger partial charge in [0.25, 0.3) is 5.91 Å². The number of amides is 3. The topological polar surface area (TPSA) is 119 Å². The third-order valence-electron chi connectivity index (χ3n) is 4.86. The first-order valence-corrected chi connectivity index (χ1v) is 11.2. The smallest absolute Gasteiger partial charge is 0.255 e. The van der Waals surface area contributed by atoms with Gasteiger partial charge in [0.05, 0.1) is 0 Å². The molecule has 0 aliphatic carbocycles. The Labute approximate surface area is 196 Å². The number of nitrogen functional groups attached to an aromatic ring is 1. The van der Waals surface area contributed by atoms with Gasteiger partial charge in [-0.1, -0.05) is 57.7 Å². The Bertz CT molecular complexity index is 953. The van der Waals surface area contributed by atoms with Gasteiger partial charge in [-0.15, -0.1) is 0 Å². The fourth-order valence-electron chi connectivity index (χ4n) is 3.43. The molecule has 7 heteroatoms. The Morgan fingerprint density at radius 3 is 2.18 bits per heavy atom. The van der Waals surface area contributed by atoms with Crippen molar-refractivity contribution in [1.29, 1.82) is 0 Å². The first kappa shape index (κ1) is 27.4. The average molecular weight is 453 g/mol. The summed E-state index contributed by atoms with van der Waals surface area (Å²) in [5.41, 5.74) is 14.6. The predicted molar refractivity (Wildman–Crippen MR) is 133 cm³/mol. The zero-order valence-electron chi connectivity index (χ0n) is 20.1. The largest absolute Gasteiger partial charge is 0.403 e. The third-order valence-corrected chi connectivity index (χ3v) is 4.86. The minimum atomic E-state index is -0.530. The number of nitrogens with two attached hydrogens (primary N) is 2. The van der Waals surface area contributed by atoms with E-state index < -0.39 is 6.04 Å². The minimum absolute atomic E-state index is 0.107. The van der Waals surface area contributed by atoms with E-state index in [1.54, 1.807) is 11.8 Å². The molecular formula is C26H36N4O3. The van der Waals surface area contributed by atoms with Crippen molar-refractivity contribution in [3.63, 3.8) is 0 Å². The third kappa shape index (κ3) is 8.11. The lowest BCUT2D eigenvalue weighted by Crippen LogP contribution is -2.52. The molecule has 2 aliphatic rings. The fraction of sp³-hybridized carbons (Fsp3) is 0.346. The van der Waals surface area contributed by atoms with E-state index in [9.17, 15) is 14.4 Å². The van der Waals surface area contributed by atoms with E-state index in [0.717, 1.165) is 23.2 Å². The molecule has 3 amide bonds. The maximum atomic E-state index is 12.5. The van der Waals surface area contributed by atoms with Crippen LogP contribution >= 0.6 is 0 Å². The number of aryl methyl sites for hydroxylation is 1. The summed E-state index contributed by atoms with van der Waals surface area (Å²) in [4.78, 5) is 37.2. The van der Waals surface area contributed by atoms with Gasteiger partial charge in [-0.3, -0.25) is 19.7 Å². The van der Waals surface area contributed by atoms with Crippen molar-refractivity contribution in [1.82, 2.24) is 10.2 Å². The Balaban J connectivity index is 0.000000346. The van der Waals surface area contributed by atoms with Crippen molar-refractivity contribution in [3.05, 3.63) is 77.5 Å². The number of fused-ring (bicyclic) bond motifs is 1. The fourth-order valence-corrected chi connectivity index (χ4v) is 3.43. The molecule has 2 heterocycles. The van der Waals surface area contributed by atoms with Crippen LogP contribution in [0.25, 0.3) is 0 Å². The number of nitrogens with zero attached hydrogens (tertiary/aromatic N) is 1. The van der Waals surface area contributed by atoms with Gasteiger partial charge in [0.15, 0.2) is 0 Å². The highest BCUT2D eigenvalue weighted by Crippen LogP contribution is 2.29. The Kier molecular flexibility index (Phi) is 11.4. The molecule has 1 saturated heterocycles. The molecule has 178 valence electrons. The number of nitrogens with one attached hydrogen (secondary N) is 1. The Hall–Kier alpha value is -3.61. The van der Waals surface area contributed by atoms with Crippen LogP contribution in [0.2, 0.25) is 0 Å². The number of rotatable bonds is 2. The average Bonchev–Trinajstić information content (AvgIpc) is 3.12. The van der Waals surface area contributed by atoms with Gasteiger partial charge in [0.2, 0.25) is 11.8 Å². The number of benzene rings is 2. The normalized spacial score (nSPS) is 16.1. The van der Waals surface area contributed by atoms with E-state index in [-0.39, 0.29) is 24.1 Å². The number of piperidine rings is 1. The number of hydrogen-bond acceptors (Lipinski definition) is 5. The number of para-hydroxylation sites is 1. The summed E-state index contributed by atoms with van der Waals surface area (Å²) in [6.45, 7) is 11.6. The van der Waals surface area contributed by atoms with Crippen LogP contribution in [0.3, 0.4) is 0 Å². The monoisotopic (exact) mass is 452 g/mol. The summed E-state index contributed by atoms with van der Waals surface area (Å²) >= 11 is 0. The molecule has 2 aliphatic heterocycles. The quantitative estimate of drug-likeness (QED) is 0.473. The van der Waals surface area contributed by atoms with Crippen molar-refractivity contribution < 1.29 is 14.4 Å². The van der Waals surface area contributed by atoms with Crippen LogP contribution < -0.4 is 16.8 Å². The summed E-state index contributed by atoms with van der Waals surface area (Å²) in [6.07, 6.45) is 1.56. The molecule has 2 aromatic carbocycles. The molecule has 1 atom stereocenters. The molecule has 1 unspecified atom stereocenters. The molecule has 33 heavy (non-hydrogen) atoms. The summed E-state index contributed by atoms with van der Waals surface area (Å²) in [5.74, 6) is -0.727. The van der Waals surface area contributed by atoms with Gasteiger partial charge in [-0.05, 0) is 54.8 Å². The molecule has 0 aromatic heterocycles. The van der Waals surface area contributed by atoms with Gasteiger partial charge >= 0.3 is 0 Å². The zero-order valence-corrected chi connectivity index (χ0v) is 20.1. The molecule has 2 aromatic rings. The van der Waals surface area contributed by atoms with Crippen LogP contribution in [0.5, 0.6) is 0 Å². The number of allylic oxidation sites excluding steroid dienone is 1. The van der Waals surface area contributed by atoms with Crippen LogP contribution in [-0.4, -0.2) is 28.7 Å². The minimum Gasteiger partial charge on any atom is -0.403 e. The first-order chi connectivity index (χ1) is 15.7. The highest BCUT2D eigenvalue weighted by atomic mass is 16.2. The SMILES string of the molecule is C=C(C)N.CC.CCc1cccc2c1CN(C1CCC(=O)NC1=O)C2=O.Nc1ccccc1. The second-order valence-corrected chi connectivity index (χ2v) is 7.45. The molecular weight excluding hydrogens is 416 g/mol. The summed E-state index contributed by atoms with van der Waals surface area (Å²) in [7, 11) is 0. The van der Waals surface area contributed by atoms with Gasteiger partial charge in [0, 0.05) is 24.2 Å². The molecule has 5 N–H and O–H groups in total. The van der Waals surface area contributed by atoms with Crippen LogP contribution in [0.15, 0.2) is 60.8 Å². The van der Waals surface area contributed by atoms with Gasteiger partial charge < -0.3 is 16.4 Å². The number of carbonyl (C=O) groups is 3. The second-order valence-electron chi connectivity index (χ2n) is 7.45. The molecule has 0 spiro atoms. The predicted octanol–water partition coefficient (Wildman–Crippen LogP) is 3.78. The lowest BCUT2D eigenvalue weighted by Gasteiger charge is -2.29. The second kappa shape index (κ2) is 13.7. The van der Waals surface area contributed by atoms with Crippen LogP contribution in [0.1, 0.15) is 62.0 Å².